The third kappa shape index (κ3) is 3.94. The first-order valence-electron chi connectivity index (χ1n) is 5.61. The van der Waals surface area contributed by atoms with E-state index < -0.39 is 38.5 Å². The molecule has 0 saturated heterocycles. The smallest absolute Gasteiger partial charge is 0.386 e. The van der Waals surface area contributed by atoms with Gasteiger partial charge < -0.3 is 5.73 Å². The van der Waals surface area contributed by atoms with E-state index in [9.17, 15) is 21.6 Å². The highest BCUT2D eigenvalue weighted by Crippen LogP contribution is 2.30. The van der Waals surface area contributed by atoms with Gasteiger partial charge in [-0.3, -0.25) is 5.41 Å². The summed E-state index contributed by atoms with van der Waals surface area (Å²) in [5.41, 5.74) is 4.15. The molecule has 9 heteroatoms. The number of nitrogens with two attached hydrogens (primary N) is 1. The summed E-state index contributed by atoms with van der Waals surface area (Å²) in [4.78, 5) is -0.521. The van der Waals surface area contributed by atoms with Crippen molar-refractivity contribution < 1.29 is 21.6 Å². The van der Waals surface area contributed by atoms with Crippen LogP contribution in [0.1, 0.15) is 18.9 Å². The minimum Gasteiger partial charge on any atom is -0.386 e. The van der Waals surface area contributed by atoms with E-state index in [1.54, 1.807) is 6.92 Å². The van der Waals surface area contributed by atoms with E-state index in [0.717, 1.165) is 18.2 Å². The van der Waals surface area contributed by atoms with Gasteiger partial charge in [-0.2, -0.15) is 13.2 Å². The summed E-state index contributed by atoms with van der Waals surface area (Å²) in [6.07, 6.45) is -4.41. The van der Waals surface area contributed by atoms with Crippen molar-refractivity contribution in [2.75, 3.05) is 0 Å². The molecule has 0 bridgehead atoms. The fourth-order valence-electron chi connectivity index (χ4n) is 1.46. The highest BCUT2D eigenvalue weighted by Gasteiger charge is 2.32. The maximum Gasteiger partial charge on any atom is 0.416 e. The maximum absolute atomic E-state index is 12.5. The van der Waals surface area contributed by atoms with Crippen molar-refractivity contribution in [3.05, 3.63) is 29.8 Å². The van der Waals surface area contributed by atoms with E-state index in [4.69, 9.17) is 11.1 Å². The predicted molar refractivity (Wildman–Crippen MR) is 67.8 cm³/mol. The molecule has 1 aromatic carbocycles. The monoisotopic (exact) mass is 309 g/mol. The van der Waals surface area contributed by atoms with Crippen molar-refractivity contribution in [2.24, 2.45) is 5.73 Å². The van der Waals surface area contributed by atoms with Gasteiger partial charge in [-0.1, -0.05) is 13.0 Å². The summed E-state index contributed by atoms with van der Waals surface area (Å²) in [5.74, 6) is -0.400. The summed E-state index contributed by atoms with van der Waals surface area (Å²) in [5, 5.41) is 7.21. The fourth-order valence-corrected chi connectivity index (χ4v) is 2.81. The van der Waals surface area contributed by atoms with Crippen LogP contribution in [0.3, 0.4) is 0 Å². The lowest BCUT2D eigenvalue weighted by Gasteiger charge is -2.16. The fraction of sp³-hybridized carbons (Fsp3) is 0.364. The number of alkyl halides is 3. The average Bonchev–Trinajstić information content (AvgIpc) is 2.35. The van der Waals surface area contributed by atoms with Gasteiger partial charge in [0, 0.05) is 0 Å². The van der Waals surface area contributed by atoms with Crippen LogP contribution in [0.25, 0.3) is 0 Å². The first kappa shape index (κ1) is 16.4. The van der Waals surface area contributed by atoms with Gasteiger partial charge in [-0.25, -0.2) is 13.1 Å². The second kappa shape index (κ2) is 5.80. The third-order valence-corrected chi connectivity index (χ3v) is 4.02. The Balaban J connectivity index is 3.13. The normalized spacial score (nSPS) is 14.0. The summed E-state index contributed by atoms with van der Waals surface area (Å²) in [6, 6.07) is 2.42. The molecule has 20 heavy (non-hydrogen) atoms. The van der Waals surface area contributed by atoms with Crippen molar-refractivity contribution in [2.45, 2.75) is 30.5 Å². The van der Waals surface area contributed by atoms with E-state index in [2.05, 4.69) is 4.72 Å². The van der Waals surface area contributed by atoms with Crippen LogP contribution in [-0.2, 0) is 16.2 Å². The van der Waals surface area contributed by atoms with Gasteiger partial charge in [-0.15, -0.1) is 0 Å². The number of hydrogen-bond acceptors (Lipinski definition) is 3. The zero-order valence-corrected chi connectivity index (χ0v) is 11.3. The molecule has 0 aliphatic rings. The van der Waals surface area contributed by atoms with Gasteiger partial charge in [0.05, 0.1) is 16.5 Å². The van der Waals surface area contributed by atoms with Crippen LogP contribution in [0.2, 0.25) is 0 Å². The Kier molecular flexibility index (Phi) is 4.77. The Morgan fingerprint density at radius 2 is 2.05 bits per heavy atom. The zero-order chi connectivity index (χ0) is 15.6. The largest absolute Gasteiger partial charge is 0.416 e. The minimum absolute atomic E-state index is 0.216. The lowest BCUT2D eigenvalue weighted by molar-refractivity contribution is -0.137. The van der Waals surface area contributed by atoms with Crippen molar-refractivity contribution in [1.82, 2.24) is 4.72 Å². The number of amidine groups is 1. The van der Waals surface area contributed by atoms with Crippen LogP contribution in [0.15, 0.2) is 29.2 Å². The molecule has 1 atom stereocenters. The number of rotatable bonds is 5. The lowest BCUT2D eigenvalue weighted by Crippen LogP contribution is -2.43. The van der Waals surface area contributed by atoms with Gasteiger partial charge in [-0.05, 0) is 24.6 Å². The second-order valence-electron chi connectivity index (χ2n) is 4.06. The summed E-state index contributed by atoms with van der Waals surface area (Å²) in [6.45, 7) is 1.60. The molecule has 0 fully saturated rings. The molecule has 5 nitrogen and oxygen atoms in total. The van der Waals surface area contributed by atoms with Gasteiger partial charge in [0.2, 0.25) is 10.0 Å². The molecule has 1 unspecified atom stereocenters. The third-order valence-electron chi connectivity index (χ3n) is 2.55. The van der Waals surface area contributed by atoms with Gasteiger partial charge in [0.1, 0.15) is 5.84 Å². The molecule has 0 heterocycles. The maximum atomic E-state index is 12.5. The Labute approximate surface area is 114 Å². The predicted octanol–water partition coefficient (Wildman–Crippen LogP) is 1.70. The van der Waals surface area contributed by atoms with Crippen molar-refractivity contribution in [3.8, 4) is 0 Å². The van der Waals surface area contributed by atoms with Gasteiger partial charge in [0.25, 0.3) is 0 Å². The topological polar surface area (TPSA) is 96.0 Å². The first-order valence-corrected chi connectivity index (χ1v) is 7.09. The molecular formula is C11H14F3N3O2S. The van der Waals surface area contributed by atoms with Crippen LogP contribution >= 0.6 is 0 Å². The molecule has 0 saturated carbocycles. The molecule has 0 amide bonds. The van der Waals surface area contributed by atoms with Gasteiger partial charge in [0.15, 0.2) is 0 Å². The molecule has 1 aromatic rings. The van der Waals surface area contributed by atoms with Gasteiger partial charge >= 0.3 is 6.18 Å². The first-order chi connectivity index (χ1) is 9.08. The summed E-state index contributed by atoms with van der Waals surface area (Å²) >= 11 is 0. The number of hydrogen-bond donors (Lipinski definition) is 3. The SMILES string of the molecule is CCC(NS(=O)(=O)c1cccc(C(F)(F)F)c1)C(=N)N. The minimum atomic E-state index is -4.63. The Bertz CT molecular complexity index is 599. The van der Waals surface area contributed by atoms with Crippen LogP contribution in [0.4, 0.5) is 13.2 Å². The molecule has 4 N–H and O–H groups in total. The molecule has 0 aliphatic heterocycles. The van der Waals surface area contributed by atoms with Crippen LogP contribution < -0.4 is 10.5 Å². The molecular weight excluding hydrogens is 295 g/mol. The average molecular weight is 309 g/mol. The standard InChI is InChI=1S/C11H14F3N3O2S/c1-2-9(10(15)16)17-20(18,19)8-5-3-4-7(6-8)11(12,13)14/h3-6,9,17H,2H2,1H3,(H3,15,16). The molecule has 112 valence electrons. The Morgan fingerprint density at radius 3 is 2.50 bits per heavy atom. The number of benzene rings is 1. The number of halogens is 3. The quantitative estimate of drug-likeness (QED) is 0.570. The van der Waals surface area contributed by atoms with Crippen LogP contribution in [0.5, 0.6) is 0 Å². The van der Waals surface area contributed by atoms with E-state index in [1.807, 2.05) is 0 Å². The zero-order valence-electron chi connectivity index (χ0n) is 10.5. The van der Waals surface area contributed by atoms with Crippen LogP contribution in [0, 0.1) is 5.41 Å². The molecule has 0 radical (unpaired) electrons. The number of nitrogens with one attached hydrogen (secondary N) is 2. The number of sulfonamides is 1. The van der Waals surface area contributed by atoms with Crippen LogP contribution in [-0.4, -0.2) is 20.3 Å². The molecule has 0 aliphatic carbocycles. The van der Waals surface area contributed by atoms with Crippen molar-refractivity contribution >= 4 is 15.9 Å². The van der Waals surface area contributed by atoms with E-state index in [1.165, 1.54) is 0 Å². The second-order valence-corrected chi connectivity index (χ2v) is 5.78. The molecule has 0 aromatic heterocycles. The van der Waals surface area contributed by atoms with E-state index in [0.29, 0.717) is 6.07 Å². The molecule has 1 rings (SSSR count). The lowest BCUT2D eigenvalue weighted by atomic mass is 10.2. The van der Waals surface area contributed by atoms with E-state index >= 15 is 0 Å². The highest BCUT2D eigenvalue weighted by atomic mass is 32.2. The van der Waals surface area contributed by atoms with E-state index in [-0.39, 0.29) is 6.42 Å². The summed E-state index contributed by atoms with van der Waals surface area (Å²) < 4.78 is 63.6. The Hall–Kier alpha value is -1.61. The molecule has 0 spiro atoms. The summed E-state index contributed by atoms with van der Waals surface area (Å²) in [7, 11) is -4.17. The van der Waals surface area contributed by atoms with Crippen molar-refractivity contribution in [3.63, 3.8) is 0 Å². The Morgan fingerprint density at radius 1 is 1.45 bits per heavy atom. The van der Waals surface area contributed by atoms with Crippen molar-refractivity contribution in [1.29, 1.82) is 5.41 Å². The highest BCUT2D eigenvalue weighted by molar-refractivity contribution is 7.89.